The summed E-state index contributed by atoms with van der Waals surface area (Å²) >= 11 is 0. The van der Waals surface area contributed by atoms with Gasteiger partial charge < -0.3 is 4.90 Å². The molecule has 0 aromatic heterocycles. The minimum atomic E-state index is -3.70. The number of rotatable bonds is 3. The van der Waals surface area contributed by atoms with Crippen molar-refractivity contribution in [3.8, 4) is 6.07 Å². The van der Waals surface area contributed by atoms with Crippen molar-refractivity contribution in [3.63, 3.8) is 0 Å². The van der Waals surface area contributed by atoms with Gasteiger partial charge >= 0.3 is 0 Å². The van der Waals surface area contributed by atoms with Crippen molar-refractivity contribution in [2.45, 2.75) is 17.4 Å². The maximum Gasteiger partial charge on any atom is 0.240 e. The number of nitrogens with zero attached hydrogens (tertiary/aromatic N) is 2. The van der Waals surface area contributed by atoms with E-state index in [1.807, 2.05) is 6.07 Å². The van der Waals surface area contributed by atoms with Crippen LogP contribution in [0, 0.1) is 11.3 Å². The quantitative estimate of drug-likeness (QED) is 0.847. The van der Waals surface area contributed by atoms with Crippen LogP contribution in [-0.2, 0) is 14.8 Å². The zero-order valence-corrected chi connectivity index (χ0v) is 11.1. The number of carbonyl (C=O) groups excluding carboxylic acids is 1. The molecule has 1 heterocycles. The number of carbonyl (C=O) groups is 1. The molecule has 6 nitrogen and oxygen atoms in total. The highest BCUT2D eigenvalue weighted by molar-refractivity contribution is 7.89. The molecule has 0 aliphatic carbocycles. The number of sulfonamides is 1. The summed E-state index contributed by atoms with van der Waals surface area (Å²) in [6.07, 6.45) is 0.160. The second-order valence-corrected chi connectivity index (χ2v) is 6.15. The van der Waals surface area contributed by atoms with Gasteiger partial charge in [-0.25, -0.2) is 13.1 Å². The molecule has 0 saturated carbocycles. The van der Waals surface area contributed by atoms with Gasteiger partial charge in [-0.1, -0.05) is 6.07 Å². The summed E-state index contributed by atoms with van der Waals surface area (Å²) in [5, 5.41) is 8.76. The summed E-state index contributed by atoms with van der Waals surface area (Å²) in [4.78, 5) is 12.9. The molecule has 1 aliphatic rings. The van der Waals surface area contributed by atoms with Gasteiger partial charge in [0, 0.05) is 26.1 Å². The first-order valence-corrected chi connectivity index (χ1v) is 7.17. The van der Waals surface area contributed by atoms with Gasteiger partial charge in [-0.2, -0.15) is 5.26 Å². The third kappa shape index (κ3) is 2.92. The highest BCUT2D eigenvalue weighted by Gasteiger charge is 2.30. The predicted molar refractivity (Wildman–Crippen MR) is 67.5 cm³/mol. The third-order valence-corrected chi connectivity index (χ3v) is 4.45. The molecule has 19 heavy (non-hydrogen) atoms. The van der Waals surface area contributed by atoms with Gasteiger partial charge in [0.15, 0.2) is 0 Å². The standard InChI is InChI=1S/C12H13N3O3S/c1-15-8-10(6-12(15)16)14-19(17,18)11-4-2-3-9(5-11)7-13/h2-5,10,14H,6,8H2,1H3/t10-/m1/s1. The lowest BCUT2D eigenvalue weighted by molar-refractivity contribution is -0.126. The number of benzene rings is 1. The van der Waals surface area contributed by atoms with Crippen molar-refractivity contribution in [1.82, 2.24) is 9.62 Å². The van der Waals surface area contributed by atoms with E-state index in [1.165, 1.54) is 29.2 Å². The normalized spacial score (nSPS) is 19.5. The Labute approximate surface area is 111 Å². The fourth-order valence-corrected chi connectivity index (χ4v) is 3.24. The molecule has 7 heteroatoms. The minimum absolute atomic E-state index is 0.0357. The molecule has 1 saturated heterocycles. The smallest absolute Gasteiger partial charge is 0.240 e. The SMILES string of the molecule is CN1C[C@H](NS(=O)(=O)c2cccc(C#N)c2)CC1=O. The van der Waals surface area contributed by atoms with Crippen LogP contribution in [0.15, 0.2) is 29.2 Å². The molecule has 0 spiro atoms. The lowest BCUT2D eigenvalue weighted by atomic mass is 10.2. The van der Waals surface area contributed by atoms with Gasteiger partial charge in [0.2, 0.25) is 15.9 Å². The number of nitriles is 1. The van der Waals surface area contributed by atoms with Crippen LogP contribution in [0.2, 0.25) is 0 Å². The second kappa shape index (κ2) is 4.99. The van der Waals surface area contributed by atoms with Gasteiger partial charge in [-0.15, -0.1) is 0 Å². The zero-order valence-electron chi connectivity index (χ0n) is 10.3. The topological polar surface area (TPSA) is 90.3 Å². The van der Waals surface area contributed by atoms with E-state index in [9.17, 15) is 13.2 Å². The Morgan fingerprint density at radius 2 is 2.21 bits per heavy atom. The molecule has 2 rings (SSSR count). The number of likely N-dealkylation sites (tertiary alicyclic amines) is 1. The first-order valence-electron chi connectivity index (χ1n) is 5.69. The first-order chi connectivity index (χ1) is 8.92. The van der Waals surface area contributed by atoms with Crippen molar-refractivity contribution in [1.29, 1.82) is 5.26 Å². The van der Waals surface area contributed by atoms with E-state index in [4.69, 9.17) is 5.26 Å². The van der Waals surface area contributed by atoms with Crippen LogP contribution in [0.5, 0.6) is 0 Å². The zero-order chi connectivity index (χ0) is 14.0. The van der Waals surface area contributed by atoms with Crippen LogP contribution < -0.4 is 4.72 Å². The summed E-state index contributed by atoms with van der Waals surface area (Å²) in [5.41, 5.74) is 0.280. The summed E-state index contributed by atoms with van der Waals surface area (Å²) in [6, 6.07) is 7.24. The molecule has 1 aromatic carbocycles. The van der Waals surface area contributed by atoms with Crippen molar-refractivity contribution in [2.24, 2.45) is 0 Å². The van der Waals surface area contributed by atoms with E-state index < -0.39 is 16.1 Å². The monoisotopic (exact) mass is 279 g/mol. The van der Waals surface area contributed by atoms with Gasteiger partial charge in [-0.3, -0.25) is 4.79 Å². The molecule has 0 bridgehead atoms. The number of hydrogen-bond donors (Lipinski definition) is 1. The lowest BCUT2D eigenvalue weighted by Gasteiger charge is -2.12. The van der Waals surface area contributed by atoms with Crippen LogP contribution in [0.25, 0.3) is 0 Å². The molecular formula is C12H13N3O3S. The predicted octanol–water partition coefficient (Wildman–Crippen LogP) is 0.0673. The van der Waals surface area contributed by atoms with Crippen LogP contribution in [0.1, 0.15) is 12.0 Å². The van der Waals surface area contributed by atoms with Gasteiger partial charge in [-0.05, 0) is 18.2 Å². The Bertz CT molecular complexity index is 648. The molecule has 1 N–H and O–H groups in total. The fraction of sp³-hybridized carbons (Fsp3) is 0.333. The number of likely N-dealkylation sites (N-methyl/N-ethyl adjacent to an activating group) is 1. The van der Waals surface area contributed by atoms with E-state index >= 15 is 0 Å². The highest BCUT2D eigenvalue weighted by Crippen LogP contribution is 2.15. The van der Waals surface area contributed by atoms with Crippen molar-refractivity contribution in [3.05, 3.63) is 29.8 Å². The van der Waals surface area contributed by atoms with Crippen molar-refractivity contribution >= 4 is 15.9 Å². The van der Waals surface area contributed by atoms with Crippen LogP contribution in [-0.4, -0.2) is 38.9 Å². The Kier molecular flexibility index (Phi) is 3.55. The van der Waals surface area contributed by atoms with Gasteiger partial charge in [0.05, 0.1) is 16.5 Å². The lowest BCUT2D eigenvalue weighted by Crippen LogP contribution is -2.36. The Morgan fingerprint density at radius 1 is 1.47 bits per heavy atom. The minimum Gasteiger partial charge on any atom is -0.344 e. The molecule has 1 aromatic rings. The van der Waals surface area contributed by atoms with Crippen molar-refractivity contribution < 1.29 is 13.2 Å². The fourth-order valence-electron chi connectivity index (χ4n) is 1.96. The average molecular weight is 279 g/mol. The van der Waals surface area contributed by atoms with E-state index in [-0.39, 0.29) is 22.8 Å². The molecular weight excluding hydrogens is 266 g/mol. The van der Waals surface area contributed by atoms with E-state index in [0.29, 0.717) is 6.54 Å². The van der Waals surface area contributed by atoms with E-state index in [2.05, 4.69) is 4.72 Å². The summed E-state index contributed by atoms with van der Waals surface area (Å²) < 4.78 is 26.7. The molecule has 1 amide bonds. The Morgan fingerprint density at radius 3 is 2.79 bits per heavy atom. The van der Waals surface area contributed by atoms with Crippen LogP contribution in [0.4, 0.5) is 0 Å². The maximum absolute atomic E-state index is 12.1. The third-order valence-electron chi connectivity index (χ3n) is 2.94. The number of nitrogens with one attached hydrogen (secondary N) is 1. The molecule has 1 aliphatic heterocycles. The molecule has 0 radical (unpaired) electrons. The molecule has 1 fully saturated rings. The Balaban J connectivity index is 2.19. The number of hydrogen-bond acceptors (Lipinski definition) is 4. The van der Waals surface area contributed by atoms with Gasteiger partial charge in [0.1, 0.15) is 0 Å². The Hall–Kier alpha value is -1.91. The van der Waals surface area contributed by atoms with E-state index in [1.54, 1.807) is 7.05 Å². The van der Waals surface area contributed by atoms with Gasteiger partial charge in [0.25, 0.3) is 0 Å². The molecule has 0 unspecified atom stereocenters. The van der Waals surface area contributed by atoms with Crippen molar-refractivity contribution in [2.75, 3.05) is 13.6 Å². The summed E-state index contributed by atoms with van der Waals surface area (Å²) in [6.45, 7) is 0.357. The second-order valence-electron chi connectivity index (χ2n) is 4.44. The molecule has 100 valence electrons. The largest absolute Gasteiger partial charge is 0.344 e. The summed E-state index contributed by atoms with van der Waals surface area (Å²) in [7, 11) is -2.07. The van der Waals surface area contributed by atoms with Crippen LogP contribution >= 0.6 is 0 Å². The molecule has 1 atom stereocenters. The summed E-state index contributed by atoms with van der Waals surface area (Å²) in [5.74, 6) is -0.0847. The van der Waals surface area contributed by atoms with Crippen LogP contribution in [0.3, 0.4) is 0 Å². The maximum atomic E-state index is 12.1. The number of amides is 1. The van der Waals surface area contributed by atoms with E-state index in [0.717, 1.165) is 0 Å². The average Bonchev–Trinajstić information content (AvgIpc) is 2.67. The first kappa shape index (κ1) is 13.5. The highest BCUT2D eigenvalue weighted by atomic mass is 32.2.